The number of rotatable bonds is 4. The second kappa shape index (κ2) is 7.10. The lowest BCUT2D eigenvalue weighted by Gasteiger charge is -2.00. The molecule has 2 aromatic heterocycles. The summed E-state index contributed by atoms with van der Waals surface area (Å²) in [5.41, 5.74) is 5.25. The van der Waals surface area contributed by atoms with Crippen molar-refractivity contribution in [2.24, 2.45) is 4.99 Å². The van der Waals surface area contributed by atoms with Crippen LogP contribution >= 0.6 is 11.6 Å². The van der Waals surface area contributed by atoms with E-state index in [-0.39, 0.29) is 0 Å². The van der Waals surface area contributed by atoms with Crippen molar-refractivity contribution in [3.63, 3.8) is 0 Å². The van der Waals surface area contributed by atoms with Gasteiger partial charge in [0.15, 0.2) is 5.82 Å². The van der Waals surface area contributed by atoms with E-state index in [1.54, 1.807) is 6.21 Å². The molecule has 132 valence electrons. The molecule has 0 aliphatic carbocycles. The van der Waals surface area contributed by atoms with Crippen LogP contribution in [0.3, 0.4) is 0 Å². The summed E-state index contributed by atoms with van der Waals surface area (Å²) in [6.45, 7) is 2.00. The number of nitrogens with one attached hydrogen (secondary N) is 2. The van der Waals surface area contributed by atoms with Crippen molar-refractivity contribution in [2.45, 2.75) is 13.3 Å². The first-order chi connectivity index (χ1) is 13.2. The second-order valence-corrected chi connectivity index (χ2v) is 6.72. The van der Waals surface area contributed by atoms with E-state index in [2.05, 4.69) is 26.2 Å². The molecular formula is C21H16ClN5. The highest BCUT2D eigenvalue weighted by Crippen LogP contribution is 2.24. The minimum atomic E-state index is 0.388. The van der Waals surface area contributed by atoms with E-state index in [0.29, 0.717) is 22.8 Å². The number of nitrogens with zero attached hydrogens (tertiary/aromatic N) is 3. The van der Waals surface area contributed by atoms with E-state index in [4.69, 9.17) is 11.6 Å². The number of nitriles is 1. The number of aliphatic imine (C=N–C) groups is 1. The number of benzene rings is 2. The Hall–Kier alpha value is -3.36. The van der Waals surface area contributed by atoms with Crippen molar-refractivity contribution in [2.75, 3.05) is 0 Å². The fourth-order valence-corrected chi connectivity index (χ4v) is 3.36. The zero-order chi connectivity index (χ0) is 18.8. The molecule has 0 fully saturated rings. The number of halogens is 1. The predicted octanol–water partition coefficient (Wildman–Crippen LogP) is 5.07. The summed E-state index contributed by atoms with van der Waals surface area (Å²) in [6.07, 6.45) is 2.30. The molecule has 0 aliphatic heterocycles. The van der Waals surface area contributed by atoms with E-state index in [0.717, 1.165) is 33.4 Å². The van der Waals surface area contributed by atoms with Gasteiger partial charge in [-0.3, -0.25) is 5.10 Å². The number of hydrogen-bond acceptors (Lipinski definition) is 3. The Morgan fingerprint density at radius 2 is 2.07 bits per heavy atom. The maximum Gasteiger partial charge on any atom is 0.191 e. The highest BCUT2D eigenvalue weighted by Gasteiger charge is 2.13. The van der Waals surface area contributed by atoms with Gasteiger partial charge in [0.25, 0.3) is 0 Å². The van der Waals surface area contributed by atoms with Gasteiger partial charge in [-0.1, -0.05) is 41.9 Å². The van der Waals surface area contributed by atoms with Crippen molar-refractivity contribution in [3.8, 4) is 6.07 Å². The first-order valence-electron chi connectivity index (χ1n) is 8.49. The average Bonchev–Trinajstić information content (AvgIpc) is 3.19. The van der Waals surface area contributed by atoms with Crippen molar-refractivity contribution in [1.82, 2.24) is 15.2 Å². The van der Waals surface area contributed by atoms with Gasteiger partial charge < -0.3 is 4.98 Å². The predicted molar refractivity (Wildman–Crippen MR) is 108 cm³/mol. The van der Waals surface area contributed by atoms with Crippen LogP contribution in [-0.2, 0) is 6.42 Å². The van der Waals surface area contributed by atoms with Crippen LogP contribution in [0.2, 0.25) is 5.02 Å². The third kappa shape index (κ3) is 3.35. The normalized spacial score (nSPS) is 11.3. The summed E-state index contributed by atoms with van der Waals surface area (Å²) in [7, 11) is 0. The highest BCUT2D eigenvalue weighted by molar-refractivity contribution is 6.30. The molecule has 0 radical (unpaired) electrons. The van der Waals surface area contributed by atoms with Crippen LogP contribution in [0.15, 0.2) is 53.5 Å². The molecule has 0 bridgehead atoms. The molecule has 6 heteroatoms. The van der Waals surface area contributed by atoms with E-state index in [9.17, 15) is 5.26 Å². The monoisotopic (exact) mass is 373 g/mol. The van der Waals surface area contributed by atoms with Crippen LogP contribution in [-0.4, -0.2) is 21.4 Å². The highest BCUT2D eigenvalue weighted by atomic mass is 35.5. The van der Waals surface area contributed by atoms with Gasteiger partial charge in [-0.25, -0.2) is 4.99 Å². The molecule has 4 aromatic rings. The summed E-state index contributed by atoms with van der Waals surface area (Å²) in [4.78, 5) is 7.81. The molecule has 2 heterocycles. The molecule has 2 N–H and O–H groups in total. The van der Waals surface area contributed by atoms with Crippen molar-refractivity contribution in [1.29, 1.82) is 5.26 Å². The number of aryl methyl sites for hydroxylation is 1. The Balaban J connectivity index is 1.67. The molecular weight excluding hydrogens is 358 g/mol. The molecule has 0 spiro atoms. The maximum absolute atomic E-state index is 9.59. The van der Waals surface area contributed by atoms with E-state index in [1.165, 1.54) is 0 Å². The Kier molecular flexibility index (Phi) is 4.49. The quantitative estimate of drug-likeness (QED) is 0.490. The largest absolute Gasteiger partial charge is 0.358 e. The van der Waals surface area contributed by atoms with Crippen LogP contribution in [0, 0.1) is 18.3 Å². The maximum atomic E-state index is 9.59. The zero-order valence-electron chi connectivity index (χ0n) is 14.6. The van der Waals surface area contributed by atoms with Gasteiger partial charge >= 0.3 is 0 Å². The summed E-state index contributed by atoms with van der Waals surface area (Å²) in [5.74, 6) is 0.388. The van der Waals surface area contributed by atoms with Crippen LogP contribution < -0.4 is 0 Å². The third-order valence-electron chi connectivity index (χ3n) is 4.46. The average molecular weight is 374 g/mol. The van der Waals surface area contributed by atoms with Gasteiger partial charge in [0.05, 0.1) is 5.69 Å². The molecule has 2 aromatic carbocycles. The summed E-state index contributed by atoms with van der Waals surface area (Å²) >= 11 is 6.04. The summed E-state index contributed by atoms with van der Waals surface area (Å²) in [5, 5.41) is 18.5. The SMILES string of the molecule is Cc1[nH]c2ccccc2c1C=Nc1n[nH]c(Cc2cccc(Cl)c2)c1C#N. The van der Waals surface area contributed by atoms with Crippen LogP contribution in [0.5, 0.6) is 0 Å². The van der Waals surface area contributed by atoms with Crippen LogP contribution in [0.1, 0.15) is 28.1 Å². The molecule has 27 heavy (non-hydrogen) atoms. The molecule has 0 aliphatic rings. The summed E-state index contributed by atoms with van der Waals surface area (Å²) < 4.78 is 0. The summed E-state index contributed by atoms with van der Waals surface area (Å²) in [6, 6.07) is 17.8. The van der Waals surface area contributed by atoms with Gasteiger partial charge in [0.1, 0.15) is 11.6 Å². The first-order valence-corrected chi connectivity index (χ1v) is 8.86. The second-order valence-electron chi connectivity index (χ2n) is 6.29. The van der Waals surface area contributed by atoms with Gasteiger partial charge in [-0.15, -0.1) is 0 Å². The number of para-hydroxylation sites is 1. The molecule has 0 amide bonds. The minimum Gasteiger partial charge on any atom is -0.358 e. The van der Waals surface area contributed by atoms with Gasteiger partial charge in [0.2, 0.25) is 0 Å². The Labute approximate surface area is 161 Å². The van der Waals surface area contributed by atoms with E-state index < -0.39 is 0 Å². The van der Waals surface area contributed by atoms with Gasteiger partial charge in [-0.05, 0) is 30.7 Å². The lowest BCUT2D eigenvalue weighted by Crippen LogP contribution is -1.91. The fraction of sp³-hybridized carbons (Fsp3) is 0.0952. The van der Waals surface area contributed by atoms with Crippen LogP contribution in [0.25, 0.3) is 10.9 Å². The van der Waals surface area contributed by atoms with E-state index in [1.807, 2.05) is 55.5 Å². The molecule has 0 atom stereocenters. The lowest BCUT2D eigenvalue weighted by molar-refractivity contribution is 0.993. The van der Waals surface area contributed by atoms with Crippen LogP contribution in [0.4, 0.5) is 5.82 Å². The topological polar surface area (TPSA) is 80.6 Å². The Bertz CT molecular complexity index is 1190. The Morgan fingerprint density at radius 3 is 2.89 bits per heavy atom. The van der Waals surface area contributed by atoms with E-state index >= 15 is 0 Å². The number of H-pyrrole nitrogens is 2. The molecule has 0 unspecified atom stereocenters. The van der Waals surface area contributed by atoms with Crippen molar-refractivity contribution in [3.05, 3.63) is 81.6 Å². The first kappa shape index (κ1) is 17.1. The van der Waals surface area contributed by atoms with Crippen molar-refractivity contribution < 1.29 is 0 Å². The lowest BCUT2D eigenvalue weighted by atomic mass is 10.1. The number of hydrogen-bond donors (Lipinski definition) is 2. The van der Waals surface area contributed by atoms with Gasteiger partial charge in [-0.2, -0.15) is 10.4 Å². The Morgan fingerprint density at radius 1 is 1.22 bits per heavy atom. The molecule has 0 saturated heterocycles. The smallest absolute Gasteiger partial charge is 0.191 e. The molecule has 0 saturated carbocycles. The fourth-order valence-electron chi connectivity index (χ4n) is 3.15. The number of aromatic nitrogens is 3. The minimum absolute atomic E-state index is 0.388. The number of aromatic amines is 2. The zero-order valence-corrected chi connectivity index (χ0v) is 15.4. The standard InChI is InChI=1S/C21H16ClN5/c1-13-18(16-7-2-3-8-19(16)25-13)12-24-21-17(11-23)20(26-27-21)10-14-5-4-6-15(22)9-14/h2-9,12,25H,10H2,1H3,(H,26,27). The third-order valence-corrected chi connectivity index (χ3v) is 4.70. The molecule has 4 rings (SSSR count). The number of fused-ring (bicyclic) bond motifs is 1. The molecule has 5 nitrogen and oxygen atoms in total. The van der Waals surface area contributed by atoms with Crippen molar-refractivity contribution >= 4 is 34.5 Å². The van der Waals surface area contributed by atoms with Gasteiger partial charge in [0, 0.05) is 39.8 Å².